The highest BCUT2D eigenvalue weighted by atomic mass is 35.5. The quantitative estimate of drug-likeness (QED) is 0.287. The molecule has 2 N–H and O–H groups in total. The van der Waals surface area contributed by atoms with Crippen LogP contribution < -0.4 is 15.4 Å². The molecule has 0 aliphatic heterocycles. The van der Waals surface area contributed by atoms with Gasteiger partial charge in [0.1, 0.15) is 11.5 Å². The lowest BCUT2D eigenvalue weighted by atomic mass is 10.2. The second-order valence-corrected chi connectivity index (χ2v) is 8.37. The van der Waals surface area contributed by atoms with Crippen LogP contribution in [0, 0.1) is 0 Å². The number of carbonyl (C=O) groups excluding carboxylic acids is 3. The smallest absolute Gasteiger partial charge is 0.416 e. The number of hydrogen-bond donors (Lipinski definition) is 2. The molecule has 0 saturated carbocycles. The molecule has 0 fully saturated rings. The first kappa shape index (κ1) is 27.8. The third-order valence-corrected chi connectivity index (χ3v) is 5.26. The van der Waals surface area contributed by atoms with E-state index in [0.717, 1.165) is 12.1 Å². The fourth-order valence-corrected chi connectivity index (χ4v) is 3.18. The summed E-state index contributed by atoms with van der Waals surface area (Å²) >= 11 is 11.6. The van der Waals surface area contributed by atoms with Gasteiger partial charge in [-0.15, -0.1) is 0 Å². The molecule has 12 heteroatoms. The molecule has 3 aromatic rings. The Morgan fingerprint density at radius 1 is 0.784 bits per heavy atom. The average molecular weight is 555 g/mol. The molecule has 0 saturated heterocycles. The SMILES string of the molecule is O=C(CCC(=O)OCC(=O)Nc1cc(C(F)(F)F)ccc1Cl)Nc1ccc(Oc2ccc(Cl)cc2)cc1. The molecule has 0 aliphatic rings. The zero-order chi connectivity index (χ0) is 27.0. The monoisotopic (exact) mass is 554 g/mol. The first-order valence-corrected chi connectivity index (χ1v) is 11.4. The Bertz CT molecular complexity index is 1270. The van der Waals surface area contributed by atoms with E-state index in [9.17, 15) is 27.6 Å². The molecular weight excluding hydrogens is 536 g/mol. The topological polar surface area (TPSA) is 93.7 Å². The van der Waals surface area contributed by atoms with E-state index in [1.165, 1.54) is 0 Å². The molecule has 3 rings (SSSR count). The minimum absolute atomic E-state index is 0.117. The predicted octanol–water partition coefficient (Wildman–Crippen LogP) is 6.71. The summed E-state index contributed by atoms with van der Waals surface area (Å²) in [5.74, 6) is -1.07. The number of nitrogens with one attached hydrogen (secondary N) is 2. The molecule has 7 nitrogen and oxygen atoms in total. The minimum Gasteiger partial charge on any atom is -0.457 e. The summed E-state index contributed by atoms with van der Waals surface area (Å²) in [5, 5.41) is 5.23. The van der Waals surface area contributed by atoms with Crippen LogP contribution in [-0.4, -0.2) is 24.4 Å². The average Bonchev–Trinajstić information content (AvgIpc) is 2.85. The molecule has 2 amide bonds. The van der Waals surface area contributed by atoms with Crippen molar-refractivity contribution in [3.05, 3.63) is 82.3 Å². The highest BCUT2D eigenvalue weighted by Crippen LogP contribution is 2.33. The maximum atomic E-state index is 12.8. The van der Waals surface area contributed by atoms with Crippen molar-refractivity contribution in [3.8, 4) is 11.5 Å². The number of carbonyl (C=O) groups is 3. The van der Waals surface area contributed by atoms with Crippen LogP contribution in [-0.2, 0) is 25.3 Å². The fourth-order valence-electron chi connectivity index (χ4n) is 2.89. The lowest BCUT2D eigenvalue weighted by Crippen LogP contribution is -2.22. The Hall–Kier alpha value is -3.76. The summed E-state index contributed by atoms with van der Waals surface area (Å²) in [6.45, 7) is -0.762. The summed E-state index contributed by atoms with van der Waals surface area (Å²) in [6.07, 6.45) is -5.16. The molecule has 37 heavy (non-hydrogen) atoms. The first-order valence-electron chi connectivity index (χ1n) is 10.6. The molecule has 0 atom stereocenters. The maximum absolute atomic E-state index is 12.8. The van der Waals surface area contributed by atoms with Crippen LogP contribution in [0.1, 0.15) is 18.4 Å². The van der Waals surface area contributed by atoms with Crippen molar-refractivity contribution in [2.75, 3.05) is 17.2 Å². The number of alkyl halides is 3. The van der Waals surface area contributed by atoms with Gasteiger partial charge in [0, 0.05) is 17.1 Å². The zero-order valence-corrected chi connectivity index (χ0v) is 20.4. The number of anilines is 2. The number of esters is 1. The second kappa shape index (κ2) is 12.5. The number of halogens is 5. The molecule has 0 spiro atoms. The Morgan fingerprint density at radius 3 is 2.03 bits per heavy atom. The van der Waals surface area contributed by atoms with Gasteiger partial charge in [0.05, 0.1) is 22.7 Å². The molecule has 3 aromatic carbocycles. The maximum Gasteiger partial charge on any atom is 0.416 e. The molecule has 0 aliphatic carbocycles. The number of benzene rings is 3. The van der Waals surface area contributed by atoms with Crippen LogP contribution in [0.15, 0.2) is 66.7 Å². The van der Waals surface area contributed by atoms with E-state index in [-0.39, 0.29) is 23.6 Å². The molecular formula is C25H19Cl2F3N2O5. The van der Waals surface area contributed by atoms with Gasteiger partial charge in [-0.25, -0.2) is 0 Å². The molecule has 0 aromatic heterocycles. The number of hydrogen-bond acceptors (Lipinski definition) is 5. The van der Waals surface area contributed by atoms with Gasteiger partial charge in [0.25, 0.3) is 5.91 Å². The summed E-state index contributed by atoms with van der Waals surface area (Å²) in [5.41, 5.74) is -0.806. The van der Waals surface area contributed by atoms with E-state index in [4.69, 9.17) is 32.7 Å². The lowest BCUT2D eigenvalue weighted by Gasteiger charge is -2.12. The third-order valence-electron chi connectivity index (χ3n) is 4.68. The van der Waals surface area contributed by atoms with Crippen LogP contribution >= 0.6 is 23.2 Å². The fraction of sp³-hybridized carbons (Fsp3) is 0.160. The van der Waals surface area contributed by atoms with E-state index in [2.05, 4.69) is 10.6 Å². The number of amides is 2. The van der Waals surface area contributed by atoms with E-state index in [1.807, 2.05) is 0 Å². The van der Waals surface area contributed by atoms with Crippen LogP contribution in [0.3, 0.4) is 0 Å². The van der Waals surface area contributed by atoms with Gasteiger partial charge in [0.15, 0.2) is 6.61 Å². The Balaban J connectivity index is 1.40. The van der Waals surface area contributed by atoms with Gasteiger partial charge in [-0.1, -0.05) is 23.2 Å². The summed E-state index contributed by atoms with van der Waals surface area (Å²) in [4.78, 5) is 35.9. The molecule has 0 heterocycles. The number of ether oxygens (including phenoxy) is 2. The highest BCUT2D eigenvalue weighted by molar-refractivity contribution is 6.33. The number of rotatable bonds is 9. The van der Waals surface area contributed by atoms with Crippen LogP contribution in [0.2, 0.25) is 10.0 Å². The van der Waals surface area contributed by atoms with Crippen LogP contribution in [0.5, 0.6) is 11.5 Å². The zero-order valence-electron chi connectivity index (χ0n) is 18.9. The molecule has 0 bridgehead atoms. The van der Waals surface area contributed by atoms with Gasteiger partial charge < -0.3 is 20.1 Å². The van der Waals surface area contributed by atoms with E-state index in [0.29, 0.717) is 28.3 Å². The van der Waals surface area contributed by atoms with Gasteiger partial charge in [0.2, 0.25) is 5.91 Å². The van der Waals surface area contributed by atoms with Crippen molar-refractivity contribution in [3.63, 3.8) is 0 Å². The van der Waals surface area contributed by atoms with Crippen molar-refractivity contribution in [2.24, 2.45) is 0 Å². The Labute approximate surface area is 219 Å². The Kier molecular flexibility index (Phi) is 9.37. The predicted molar refractivity (Wildman–Crippen MR) is 132 cm³/mol. The van der Waals surface area contributed by atoms with Crippen molar-refractivity contribution in [1.82, 2.24) is 0 Å². The van der Waals surface area contributed by atoms with Crippen LogP contribution in [0.4, 0.5) is 24.5 Å². The second-order valence-electron chi connectivity index (χ2n) is 7.53. The van der Waals surface area contributed by atoms with Crippen molar-refractivity contribution < 1.29 is 37.0 Å². The molecule has 194 valence electrons. The minimum atomic E-state index is -4.62. The normalized spacial score (nSPS) is 10.9. The highest BCUT2D eigenvalue weighted by Gasteiger charge is 2.31. The molecule has 0 unspecified atom stereocenters. The third kappa shape index (κ3) is 9.00. The summed E-state index contributed by atoms with van der Waals surface area (Å²) < 4.78 is 48.9. The summed E-state index contributed by atoms with van der Waals surface area (Å²) in [6, 6.07) is 15.8. The van der Waals surface area contributed by atoms with E-state index < -0.39 is 36.1 Å². The van der Waals surface area contributed by atoms with Crippen LogP contribution in [0.25, 0.3) is 0 Å². The lowest BCUT2D eigenvalue weighted by molar-refractivity contribution is -0.147. The van der Waals surface area contributed by atoms with E-state index in [1.54, 1.807) is 48.5 Å². The summed E-state index contributed by atoms with van der Waals surface area (Å²) in [7, 11) is 0. The van der Waals surface area contributed by atoms with Crippen molar-refractivity contribution >= 4 is 52.4 Å². The Morgan fingerprint density at radius 2 is 1.41 bits per heavy atom. The van der Waals surface area contributed by atoms with Gasteiger partial charge >= 0.3 is 12.1 Å². The van der Waals surface area contributed by atoms with Gasteiger partial charge in [-0.2, -0.15) is 13.2 Å². The van der Waals surface area contributed by atoms with Crippen molar-refractivity contribution in [2.45, 2.75) is 19.0 Å². The standard InChI is InChI=1S/C25H19Cl2F3N2O5/c26-16-2-6-18(7-3-16)37-19-8-4-17(5-9-19)31-22(33)11-12-24(35)36-14-23(34)32-21-13-15(25(28,29)30)1-10-20(21)27/h1-10,13H,11-12,14H2,(H,31,33)(H,32,34). The largest absolute Gasteiger partial charge is 0.457 e. The van der Waals surface area contributed by atoms with Gasteiger partial charge in [-0.05, 0) is 66.7 Å². The molecule has 0 radical (unpaired) electrons. The van der Waals surface area contributed by atoms with E-state index >= 15 is 0 Å². The van der Waals surface area contributed by atoms with Gasteiger partial charge in [-0.3, -0.25) is 14.4 Å². The van der Waals surface area contributed by atoms with Crippen molar-refractivity contribution in [1.29, 1.82) is 0 Å². The first-order chi connectivity index (χ1) is 17.5.